The Bertz CT molecular complexity index is 431. The van der Waals surface area contributed by atoms with E-state index in [9.17, 15) is 14.0 Å². The number of aromatic nitrogens is 1. The van der Waals surface area contributed by atoms with Gasteiger partial charge in [0.05, 0.1) is 0 Å². The third-order valence-corrected chi connectivity index (χ3v) is 1.87. The molecule has 1 N–H and O–H groups in total. The van der Waals surface area contributed by atoms with Gasteiger partial charge in [-0.15, -0.1) is 0 Å². The molecule has 0 radical (unpaired) electrons. The Morgan fingerprint density at radius 2 is 2.29 bits per heavy atom. The molecule has 5 nitrogen and oxygen atoms in total. The molecule has 0 aliphatic rings. The summed E-state index contributed by atoms with van der Waals surface area (Å²) in [6.07, 6.45) is -0.700. The first-order valence-electron chi connectivity index (χ1n) is 3.48. The molecule has 0 bridgehead atoms. The van der Waals surface area contributed by atoms with E-state index in [4.69, 9.17) is 16.9 Å². The molecule has 14 heavy (non-hydrogen) atoms. The first-order chi connectivity index (χ1) is 6.43. The highest BCUT2D eigenvalue weighted by Crippen LogP contribution is 2.18. The van der Waals surface area contributed by atoms with Crippen LogP contribution in [0.15, 0.2) is 17.1 Å². The van der Waals surface area contributed by atoms with Gasteiger partial charge in [0.2, 0.25) is 0 Å². The second-order valence-corrected chi connectivity index (χ2v) is 2.86. The Balaban J connectivity index is 3.29. The highest BCUT2D eigenvalue weighted by Gasteiger charge is 2.17. The summed E-state index contributed by atoms with van der Waals surface area (Å²) in [5.74, 6) is -0.885. The Morgan fingerprint density at radius 1 is 1.71 bits per heavy atom. The molecule has 1 amide bonds. The minimum absolute atomic E-state index is 0.122. The average Bonchev–Trinajstić information content (AvgIpc) is 2.10. The lowest BCUT2D eigenvalue weighted by Crippen LogP contribution is -2.23. The third-order valence-electron chi connectivity index (χ3n) is 1.54. The van der Waals surface area contributed by atoms with Crippen LogP contribution in [0, 0.1) is 5.82 Å². The first-order valence-corrected chi connectivity index (χ1v) is 3.82. The Hall–Kier alpha value is -1.56. The number of rotatable bonds is 1. The van der Waals surface area contributed by atoms with Crippen molar-refractivity contribution in [3.63, 3.8) is 0 Å². The van der Waals surface area contributed by atoms with Gasteiger partial charge in [0.25, 0.3) is 5.56 Å². The maximum Gasteiger partial charge on any atom is 0.426 e. The summed E-state index contributed by atoms with van der Waals surface area (Å²) in [5, 5.41) is 8.44. The highest BCUT2D eigenvalue weighted by molar-refractivity contribution is 6.35. The molecule has 0 saturated heterocycles. The number of hydrogen-bond acceptors (Lipinski definition) is 2. The van der Waals surface area contributed by atoms with Gasteiger partial charge < -0.3 is 9.67 Å². The summed E-state index contributed by atoms with van der Waals surface area (Å²) in [4.78, 5) is 21.4. The predicted octanol–water partition coefficient (Wildman–Crippen LogP) is 1.16. The molecule has 1 aromatic rings. The second-order valence-electron chi connectivity index (χ2n) is 2.52. The molecule has 0 atom stereocenters. The summed E-state index contributed by atoms with van der Waals surface area (Å²) in [6.45, 7) is 0. The van der Waals surface area contributed by atoms with Crippen LogP contribution in [0.3, 0.4) is 0 Å². The standard InChI is InChI=1S/C7H6ClFN2O3/c1-10-3-4(9)5(2-6(10)12)11(8)7(13)14/h2-3H,1H3,(H,13,14). The fraction of sp³-hybridized carbons (Fsp3) is 0.143. The molecule has 0 unspecified atom stereocenters. The van der Waals surface area contributed by atoms with Crippen LogP contribution >= 0.6 is 11.8 Å². The number of aryl methyl sites for hydroxylation is 1. The molecule has 0 aromatic carbocycles. The normalized spacial score (nSPS) is 9.93. The monoisotopic (exact) mass is 220 g/mol. The average molecular weight is 221 g/mol. The fourth-order valence-electron chi connectivity index (χ4n) is 0.841. The molecule has 0 aliphatic carbocycles. The summed E-state index contributed by atoms with van der Waals surface area (Å²) < 4.78 is 14.2. The van der Waals surface area contributed by atoms with E-state index in [1.54, 1.807) is 0 Å². The van der Waals surface area contributed by atoms with Crippen molar-refractivity contribution < 1.29 is 14.3 Å². The van der Waals surface area contributed by atoms with E-state index < -0.39 is 23.2 Å². The number of amides is 1. The van der Waals surface area contributed by atoms with E-state index in [1.807, 2.05) is 0 Å². The number of anilines is 1. The molecular formula is C7H6ClFN2O3. The number of carbonyl (C=O) groups is 1. The van der Waals surface area contributed by atoms with Gasteiger partial charge in [-0.3, -0.25) is 4.79 Å². The van der Waals surface area contributed by atoms with Crippen molar-refractivity contribution in [3.05, 3.63) is 28.4 Å². The molecule has 0 fully saturated rings. The van der Waals surface area contributed by atoms with Crippen molar-refractivity contribution in [2.75, 3.05) is 4.42 Å². The number of nitrogens with zero attached hydrogens (tertiary/aromatic N) is 2. The van der Waals surface area contributed by atoms with Crippen LogP contribution in [0.1, 0.15) is 0 Å². The lowest BCUT2D eigenvalue weighted by Gasteiger charge is -2.10. The zero-order valence-corrected chi connectivity index (χ0v) is 7.82. The van der Waals surface area contributed by atoms with E-state index in [0.29, 0.717) is 0 Å². The number of halogens is 2. The van der Waals surface area contributed by atoms with Gasteiger partial charge in [-0.25, -0.2) is 9.18 Å². The van der Waals surface area contributed by atoms with Crippen LogP contribution < -0.4 is 9.98 Å². The summed E-state index contributed by atoms with van der Waals surface area (Å²) in [7, 11) is 1.34. The minimum atomic E-state index is -1.56. The summed E-state index contributed by atoms with van der Waals surface area (Å²) >= 11 is 5.22. The molecule has 7 heteroatoms. The topological polar surface area (TPSA) is 62.5 Å². The lowest BCUT2D eigenvalue weighted by molar-refractivity contribution is 0.206. The van der Waals surface area contributed by atoms with Crippen molar-refractivity contribution in [1.29, 1.82) is 0 Å². The van der Waals surface area contributed by atoms with E-state index in [-0.39, 0.29) is 4.42 Å². The second kappa shape index (κ2) is 3.67. The smallest absolute Gasteiger partial charge is 0.426 e. The highest BCUT2D eigenvalue weighted by atomic mass is 35.5. The van der Waals surface area contributed by atoms with Gasteiger partial charge >= 0.3 is 6.09 Å². The van der Waals surface area contributed by atoms with Crippen LogP contribution in [0.4, 0.5) is 14.9 Å². The zero-order chi connectivity index (χ0) is 10.9. The van der Waals surface area contributed by atoms with Gasteiger partial charge in [-0.2, -0.15) is 4.42 Å². The van der Waals surface area contributed by atoms with E-state index in [2.05, 4.69) is 0 Å². The molecule has 0 spiro atoms. The van der Waals surface area contributed by atoms with Crippen molar-refractivity contribution in [2.45, 2.75) is 0 Å². The van der Waals surface area contributed by atoms with Gasteiger partial charge in [0.15, 0.2) is 5.82 Å². The number of pyridine rings is 1. The van der Waals surface area contributed by atoms with Crippen molar-refractivity contribution in [3.8, 4) is 0 Å². The van der Waals surface area contributed by atoms with Crippen molar-refractivity contribution >= 4 is 23.6 Å². The van der Waals surface area contributed by atoms with Crippen molar-refractivity contribution in [1.82, 2.24) is 4.57 Å². The Morgan fingerprint density at radius 3 is 2.79 bits per heavy atom. The van der Waals surface area contributed by atoms with Crippen LogP contribution in [-0.2, 0) is 7.05 Å². The summed E-state index contributed by atoms with van der Waals surface area (Å²) in [6, 6.07) is 0.802. The van der Waals surface area contributed by atoms with Crippen LogP contribution in [0.5, 0.6) is 0 Å². The Kier molecular flexibility index (Phi) is 2.76. The van der Waals surface area contributed by atoms with Gasteiger partial charge in [-0.1, -0.05) is 0 Å². The SMILES string of the molecule is Cn1cc(F)c(N(Cl)C(=O)O)cc1=O. The molecule has 76 valence electrons. The molecular weight excluding hydrogens is 215 g/mol. The molecule has 1 rings (SSSR count). The third kappa shape index (κ3) is 1.85. The van der Waals surface area contributed by atoms with Gasteiger partial charge in [-0.05, 0) is 0 Å². The maximum absolute atomic E-state index is 13.1. The number of hydrogen-bond donors (Lipinski definition) is 1. The summed E-state index contributed by atoms with van der Waals surface area (Å²) in [5.41, 5.74) is -1.03. The first kappa shape index (κ1) is 10.5. The van der Waals surface area contributed by atoms with Gasteiger partial charge in [0.1, 0.15) is 5.69 Å². The van der Waals surface area contributed by atoms with Gasteiger partial charge in [0, 0.05) is 31.1 Å². The van der Waals surface area contributed by atoms with E-state index >= 15 is 0 Å². The largest absolute Gasteiger partial charge is 0.464 e. The maximum atomic E-state index is 13.1. The molecule has 1 aromatic heterocycles. The van der Waals surface area contributed by atoms with E-state index in [0.717, 1.165) is 16.8 Å². The van der Waals surface area contributed by atoms with Crippen LogP contribution in [0.25, 0.3) is 0 Å². The fourth-order valence-corrected chi connectivity index (χ4v) is 0.971. The van der Waals surface area contributed by atoms with E-state index in [1.165, 1.54) is 7.05 Å². The predicted molar refractivity (Wildman–Crippen MR) is 48.0 cm³/mol. The minimum Gasteiger partial charge on any atom is -0.464 e. The zero-order valence-electron chi connectivity index (χ0n) is 7.07. The molecule has 0 saturated carbocycles. The lowest BCUT2D eigenvalue weighted by atomic mass is 10.4. The molecule has 1 heterocycles. The number of carboxylic acid groups (broad SMARTS) is 1. The quantitative estimate of drug-likeness (QED) is 0.723. The van der Waals surface area contributed by atoms with Crippen molar-refractivity contribution in [2.24, 2.45) is 7.05 Å². The molecule has 0 aliphatic heterocycles. The Labute approximate surface area is 83.0 Å². The van der Waals surface area contributed by atoms with Crippen LogP contribution in [0.2, 0.25) is 0 Å². The van der Waals surface area contributed by atoms with Crippen LogP contribution in [-0.4, -0.2) is 15.8 Å².